The van der Waals surface area contributed by atoms with Crippen molar-refractivity contribution in [2.75, 3.05) is 50.2 Å². The first-order valence-electron chi connectivity index (χ1n) is 8.27. The monoisotopic (exact) mass is 346 g/mol. The summed E-state index contributed by atoms with van der Waals surface area (Å²) < 4.78 is 10.9. The topological polar surface area (TPSA) is 49.9 Å². The van der Waals surface area contributed by atoms with Gasteiger partial charge in [-0.15, -0.1) is 0 Å². The summed E-state index contributed by atoms with van der Waals surface area (Å²) in [4.78, 5) is 9.31. The first kappa shape index (κ1) is 15.5. The van der Waals surface area contributed by atoms with E-state index in [9.17, 15) is 0 Å². The molecule has 7 heteroatoms. The van der Waals surface area contributed by atoms with Gasteiger partial charge < -0.3 is 19.7 Å². The van der Waals surface area contributed by atoms with Crippen LogP contribution in [0.25, 0.3) is 0 Å². The third-order valence-electron chi connectivity index (χ3n) is 4.76. The molecule has 24 heavy (non-hydrogen) atoms. The van der Waals surface area contributed by atoms with Crippen molar-refractivity contribution in [2.24, 2.45) is 0 Å². The Balaban J connectivity index is 1.40. The molecule has 1 N–H and O–H groups in total. The highest BCUT2D eigenvalue weighted by Gasteiger charge is 2.24. The van der Waals surface area contributed by atoms with Crippen molar-refractivity contribution in [1.82, 2.24) is 9.88 Å². The van der Waals surface area contributed by atoms with E-state index in [1.165, 1.54) is 10.6 Å². The predicted octanol–water partition coefficient (Wildman–Crippen LogP) is 2.80. The molecule has 1 aromatic heterocycles. The molecule has 0 spiro atoms. The molecule has 4 rings (SSSR count). The zero-order valence-corrected chi connectivity index (χ0v) is 14.8. The van der Waals surface area contributed by atoms with E-state index in [1.807, 2.05) is 19.3 Å². The molecule has 1 unspecified atom stereocenters. The quantitative estimate of drug-likeness (QED) is 0.919. The number of aromatic nitrogens is 1. The molecule has 0 radical (unpaired) electrons. The first-order chi connectivity index (χ1) is 11.7. The molecule has 0 saturated carbocycles. The van der Waals surface area contributed by atoms with Gasteiger partial charge in [-0.3, -0.25) is 4.90 Å². The van der Waals surface area contributed by atoms with E-state index in [1.54, 1.807) is 11.3 Å². The Morgan fingerprint density at radius 3 is 2.71 bits per heavy atom. The van der Waals surface area contributed by atoms with Crippen LogP contribution in [0.3, 0.4) is 0 Å². The second kappa shape index (κ2) is 6.49. The van der Waals surface area contributed by atoms with Crippen LogP contribution in [0.4, 0.5) is 10.1 Å². The summed E-state index contributed by atoms with van der Waals surface area (Å²) >= 11 is 1.71. The van der Waals surface area contributed by atoms with Gasteiger partial charge in [0.15, 0.2) is 16.6 Å². The van der Waals surface area contributed by atoms with E-state index < -0.39 is 0 Å². The average molecular weight is 346 g/mol. The van der Waals surface area contributed by atoms with Gasteiger partial charge >= 0.3 is 0 Å². The van der Waals surface area contributed by atoms with Crippen LogP contribution in [-0.4, -0.2) is 49.9 Å². The molecule has 128 valence electrons. The number of hydrogen-bond acceptors (Lipinski definition) is 7. The van der Waals surface area contributed by atoms with Crippen LogP contribution in [0.1, 0.15) is 18.5 Å². The molecule has 2 aliphatic heterocycles. The van der Waals surface area contributed by atoms with Gasteiger partial charge in [0.2, 0.25) is 6.79 Å². The number of hydrogen-bond donors (Lipinski definition) is 1. The van der Waals surface area contributed by atoms with E-state index in [0.717, 1.165) is 42.8 Å². The zero-order chi connectivity index (χ0) is 16.5. The second-order valence-electron chi connectivity index (χ2n) is 6.07. The van der Waals surface area contributed by atoms with Crippen molar-refractivity contribution in [2.45, 2.75) is 13.0 Å². The van der Waals surface area contributed by atoms with Crippen LogP contribution in [-0.2, 0) is 0 Å². The Labute approximate surface area is 146 Å². The molecule has 3 heterocycles. The van der Waals surface area contributed by atoms with Crippen LogP contribution < -0.4 is 19.7 Å². The van der Waals surface area contributed by atoms with Crippen LogP contribution in [0, 0.1) is 0 Å². The van der Waals surface area contributed by atoms with Gasteiger partial charge in [-0.2, -0.15) is 0 Å². The van der Waals surface area contributed by atoms with Crippen molar-refractivity contribution >= 4 is 21.5 Å². The maximum Gasteiger partial charge on any atom is 0.231 e. The van der Waals surface area contributed by atoms with Gasteiger partial charge in [-0.1, -0.05) is 17.4 Å². The predicted molar refractivity (Wildman–Crippen MR) is 96.4 cm³/mol. The smallest absolute Gasteiger partial charge is 0.231 e. The number of ether oxygens (including phenoxy) is 2. The Hall–Kier alpha value is -1.99. The highest BCUT2D eigenvalue weighted by atomic mass is 32.1. The maximum absolute atomic E-state index is 5.50. The standard InChI is InChI=1S/C17H22N4O2S/c1-12(13-3-4-14-15(9-13)23-11-22-14)20-5-7-21(8-6-20)16-10-19-17(18-2)24-16/h3-4,9-10,12H,5-8,11H2,1-2H3,(H,18,19). The normalized spacial score (nSPS) is 18.7. The summed E-state index contributed by atoms with van der Waals surface area (Å²) in [6.45, 7) is 6.74. The van der Waals surface area contributed by atoms with E-state index in [4.69, 9.17) is 9.47 Å². The minimum atomic E-state index is 0.329. The second-order valence-corrected chi connectivity index (χ2v) is 7.07. The number of thiazole rings is 1. The Morgan fingerprint density at radius 1 is 1.17 bits per heavy atom. The summed E-state index contributed by atoms with van der Waals surface area (Å²) in [5.41, 5.74) is 1.28. The summed E-state index contributed by atoms with van der Waals surface area (Å²) in [6.07, 6.45) is 1.97. The van der Waals surface area contributed by atoms with Crippen molar-refractivity contribution in [1.29, 1.82) is 0 Å². The minimum Gasteiger partial charge on any atom is -0.454 e. The van der Waals surface area contributed by atoms with Crippen LogP contribution in [0.2, 0.25) is 0 Å². The third-order valence-corrected chi connectivity index (χ3v) is 5.84. The SMILES string of the molecule is CNc1ncc(N2CCN(C(C)c3ccc4c(c3)OCO4)CC2)s1. The van der Waals surface area contributed by atoms with Gasteiger partial charge in [-0.05, 0) is 24.6 Å². The molecule has 2 aromatic rings. The van der Waals surface area contributed by atoms with Gasteiger partial charge in [0, 0.05) is 39.3 Å². The van der Waals surface area contributed by atoms with Crippen molar-refractivity contribution in [3.05, 3.63) is 30.0 Å². The maximum atomic E-state index is 5.50. The molecule has 1 fully saturated rings. The minimum absolute atomic E-state index is 0.329. The summed E-state index contributed by atoms with van der Waals surface area (Å²) in [5, 5.41) is 5.32. The van der Waals surface area contributed by atoms with Crippen LogP contribution in [0.5, 0.6) is 11.5 Å². The van der Waals surface area contributed by atoms with Crippen LogP contribution in [0.15, 0.2) is 24.4 Å². The molecule has 0 aliphatic carbocycles. The lowest BCUT2D eigenvalue weighted by Crippen LogP contribution is -2.46. The number of nitrogens with one attached hydrogen (secondary N) is 1. The molecule has 1 aromatic carbocycles. The molecule has 0 bridgehead atoms. The Morgan fingerprint density at radius 2 is 1.96 bits per heavy atom. The lowest BCUT2D eigenvalue weighted by atomic mass is 10.1. The van der Waals surface area contributed by atoms with Gasteiger partial charge in [-0.25, -0.2) is 4.98 Å². The molecule has 0 amide bonds. The fourth-order valence-electron chi connectivity index (χ4n) is 3.24. The Kier molecular flexibility index (Phi) is 4.20. The van der Waals surface area contributed by atoms with Gasteiger partial charge in [0.1, 0.15) is 5.00 Å². The average Bonchev–Trinajstić information content (AvgIpc) is 3.29. The number of fused-ring (bicyclic) bond motifs is 1. The summed E-state index contributed by atoms with van der Waals surface area (Å²) in [7, 11) is 1.91. The number of benzene rings is 1. The molecule has 1 atom stereocenters. The molecule has 6 nitrogen and oxygen atoms in total. The fraction of sp³-hybridized carbons (Fsp3) is 0.471. The molecular formula is C17H22N4O2S. The molecular weight excluding hydrogens is 324 g/mol. The fourth-order valence-corrected chi connectivity index (χ4v) is 4.06. The lowest BCUT2D eigenvalue weighted by molar-refractivity contribution is 0.173. The first-order valence-corrected chi connectivity index (χ1v) is 9.08. The zero-order valence-electron chi connectivity index (χ0n) is 14.0. The van der Waals surface area contributed by atoms with Crippen LogP contribution >= 0.6 is 11.3 Å². The van der Waals surface area contributed by atoms with E-state index in [2.05, 4.69) is 39.2 Å². The van der Waals surface area contributed by atoms with Crippen molar-refractivity contribution in [3.8, 4) is 11.5 Å². The largest absolute Gasteiger partial charge is 0.454 e. The number of piperazine rings is 1. The number of rotatable bonds is 4. The Bertz CT molecular complexity index is 712. The molecule has 2 aliphatic rings. The van der Waals surface area contributed by atoms with Gasteiger partial charge in [0.05, 0.1) is 6.20 Å². The van der Waals surface area contributed by atoms with E-state index in [-0.39, 0.29) is 0 Å². The van der Waals surface area contributed by atoms with E-state index in [0.29, 0.717) is 12.8 Å². The lowest BCUT2D eigenvalue weighted by Gasteiger charge is -2.38. The highest BCUT2D eigenvalue weighted by Crippen LogP contribution is 2.36. The summed E-state index contributed by atoms with van der Waals surface area (Å²) in [5.74, 6) is 1.71. The van der Waals surface area contributed by atoms with Gasteiger partial charge in [0.25, 0.3) is 0 Å². The number of anilines is 2. The number of nitrogens with zero attached hydrogens (tertiary/aromatic N) is 3. The summed E-state index contributed by atoms with van der Waals surface area (Å²) in [6, 6.07) is 6.64. The van der Waals surface area contributed by atoms with E-state index >= 15 is 0 Å². The van der Waals surface area contributed by atoms with Crippen molar-refractivity contribution < 1.29 is 9.47 Å². The van der Waals surface area contributed by atoms with Crippen molar-refractivity contribution in [3.63, 3.8) is 0 Å². The molecule has 1 saturated heterocycles. The third kappa shape index (κ3) is 2.89. The highest BCUT2D eigenvalue weighted by molar-refractivity contribution is 7.19.